The van der Waals surface area contributed by atoms with Crippen LogP contribution in [-0.2, 0) is 16.0 Å². The number of aromatic hydroxyl groups is 1. The number of pyridine rings is 1. The first-order chi connectivity index (χ1) is 17.7. The van der Waals surface area contributed by atoms with Gasteiger partial charge in [-0.15, -0.1) is 0 Å². The van der Waals surface area contributed by atoms with E-state index < -0.39 is 69.8 Å². The first kappa shape index (κ1) is 26.9. The summed E-state index contributed by atoms with van der Waals surface area (Å²) >= 11 is 0. The summed E-state index contributed by atoms with van der Waals surface area (Å²) in [6.45, 7) is 0. The lowest BCUT2D eigenvalue weighted by atomic mass is 9.58. The molecule has 3 amide bonds. The van der Waals surface area contributed by atoms with Gasteiger partial charge in [0.1, 0.15) is 22.9 Å². The van der Waals surface area contributed by atoms with Gasteiger partial charge in [-0.3, -0.25) is 24.6 Å². The molecule has 4 rings (SSSR count). The van der Waals surface area contributed by atoms with Gasteiger partial charge in [-0.1, -0.05) is 0 Å². The van der Waals surface area contributed by atoms with E-state index in [1.807, 2.05) is 0 Å². The third-order valence-corrected chi connectivity index (χ3v) is 7.45. The minimum Gasteiger partial charge on any atom is -0.510 e. The van der Waals surface area contributed by atoms with Crippen LogP contribution >= 0.6 is 0 Å². The van der Waals surface area contributed by atoms with E-state index in [4.69, 9.17) is 5.73 Å². The standard InChI is InChI=1S/C24H30N6O8/c1-26-23(37)28-21-17(33)12-9(22(27-21)30(4)5)6-8-7-10-14(29(2)3)16(32)13(20(25)36)19(35)24(10,38)18(34)11(8)15(12)31/h8,10,14,32-34,38H,6-7H2,1-5H3,(H2,25,36)(H2,26,27,28,37)/t8-,10-,14-,24-/m0/s1. The van der Waals surface area contributed by atoms with E-state index in [1.165, 1.54) is 11.9 Å². The second-order valence-corrected chi connectivity index (χ2v) is 10.0. The summed E-state index contributed by atoms with van der Waals surface area (Å²) in [5.74, 6) is -7.65. The molecule has 0 aliphatic heterocycles. The number of nitrogens with two attached hydrogens (primary N) is 1. The highest BCUT2D eigenvalue weighted by Crippen LogP contribution is 2.53. The average Bonchev–Trinajstić information content (AvgIpc) is 2.82. The Bertz CT molecular complexity index is 1350. The third kappa shape index (κ3) is 3.59. The van der Waals surface area contributed by atoms with Gasteiger partial charge >= 0.3 is 6.03 Å². The number of rotatable bonds is 4. The summed E-state index contributed by atoms with van der Waals surface area (Å²) in [5, 5.41) is 49.5. The van der Waals surface area contributed by atoms with Gasteiger partial charge in [-0.05, 0) is 32.9 Å². The number of aromatic nitrogens is 1. The Morgan fingerprint density at radius 3 is 2.29 bits per heavy atom. The Morgan fingerprint density at radius 1 is 1.13 bits per heavy atom. The van der Waals surface area contributed by atoms with Crippen molar-refractivity contribution < 1.29 is 39.6 Å². The highest BCUT2D eigenvalue weighted by molar-refractivity contribution is 6.25. The van der Waals surface area contributed by atoms with Gasteiger partial charge in [0.25, 0.3) is 5.91 Å². The number of likely N-dealkylation sites (N-methyl/N-ethyl adjacent to an activating group) is 1. The molecule has 14 nitrogen and oxygen atoms in total. The van der Waals surface area contributed by atoms with Gasteiger partial charge < -0.3 is 36.4 Å². The van der Waals surface area contributed by atoms with Gasteiger partial charge in [0.15, 0.2) is 23.0 Å². The van der Waals surface area contributed by atoms with Crippen LogP contribution < -0.4 is 21.3 Å². The number of carbonyl (C=O) groups is 4. The van der Waals surface area contributed by atoms with Gasteiger partial charge in [-0.2, -0.15) is 0 Å². The number of aliphatic hydroxyl groups excluding tert-OH is 2. The van der Waals surface area contributed by atoms with Crippen LogP contribution in [0.15, 0.2) is 22.7 Å². The topological polar surface area (TPSA) is 219 Å². The van der Waals surface area contributed by atoms with Gasteiger partial charge in [-0.25, -0.2) is 9.78 Å². The molecular weight excluding hydrogens is 500 g/mol. The fourth-order valence-corrected chi connectivity index (χ4v) is 5.81. The van der Waals surface area contributed by atoms with Crippen molar-refractivity contribution in [1.82, 2.24) is 15.2 Å². The Balaban J connectivity index is 1.97. The van der Waals surface area contributed by atoms with Crippen molar-refractivity contribution in [3.63, 3.8) is 0 Å². The molecule has 204 valence electrons. The fourth-order valence-electron chi connectivity index (χ4n) is 5.81. The second-order valence-electron chi connectivity index (χ2n) is 10.0. The van der Waals surface area contributed by atoms with Gasteiger partial charge in [0.2, 0.25) is 5.78 Å². The molecule has 0 fully saturated rings. The molecule has 38 heavy (non-hydrogen) atoms. The number of fused-ring (bicyclic) bond motifs is 3. The van der Waals surface area contributed by atoms with E-state index in [-0.39, 0.29) is 35.6 Å². The second kappa shape index (κ2) is 8.99. The van der Waals surface area contributed by atoms with Gasteiger partial charge in [0.05, 0.1) is 11.6 Å². The molecule has 14 heteroatoms. The Kier molecular flexibility index (Phi) is 6.36. The SMILES string of the molecule is CNC(=O)Nc1nc(N(C)C)c2c(c1O)C(=O)C1=C(O)[C@]3(O)C(=O)C(C(N)=O)=C(O)[C@@H](N(C)C)[C@@H]3C[C@@H]1C2. The molecule has 0 saturated heterocycles. The Morgan fingerprint density at radius 2 is 1.76 bits per heavy atom. The number of nitrogens with one attached hydrogen (secondary N) is 2. The lowest BCUT2D eigenvalue weighted by molar-refractivity contribution is -0.148. The maximum absolute atomic E-state index is 13.8. The molecule has 0 aromatic carbocycles. The first-order valence-corrected chi connectivity index (χ1v) is 11.7. The van der Waals surface area contributed by atoms with E-state index in [0.29, 0.717) is 5.56 Å². The number of anilines is 2. The summed E-state index contributed by atoms with van der Waals surface area (Å²) in [7, 11) is 7.78. The molecule has 0 bridgehead atoms. The number of ketones is 2. The molecule has 3 aliphatic rings. The minimum atomic E-state index is -2.74. The number of Topliss-reactive ketones (excluding diaryl/α,β-unsaturated/α-hetero) is 2. The molecule has 1 aromatic rings. The maximum Gasteiger partial charge on any atom is 0.320 e. The van der Waals surface area contributed by atoms with Crippen LogP contribution in [0.1, 0.15) is 22.3 Å². The normalized spacial score (nSPS) is 26.6. The summed E-state index contributed by atoms with van der Waals surface area (Å²) in [5.41, 5.74) is 1.51. The monoisotopic (exact) mass is 530 g/mol. The molecule has 0 saturated carbocycles. The highest BCUT2D eigenvalue weighted by atomic mass is 16.3. The minimum absolute atomic E-state index is 0.0440. The smallest absolute Gasteiger partial charge is 0.320 e. The number of urea groups is 1. The van der Waals surface area contributed by atoms with Crippen molar-refractivity contribution in [2.75, 3.05) is 45.5 Å². The van der Waals surface area contributed by atoms with E-state index >= 15 is 0 Å². The van der Waals surface area contributed by atoms with Crippen LogP contribution in [0.3, 0.4) is 0 Å². The maximum atomic E-state index is 13.8. The van der Waals surface area contributed by atoms with Crippen molar-refractivity contribution in [1.29, 1.82) is 0 Å². The van der Waals surface area contributed by atoms with Crippen molar-refractivity contribution in [2.24, 2.45) is 17.6 Å². The molecule has 0 unspecified atom stereocenters. The predicted octanol–water partition coefficient (Wildman–Crippen LogP) is -0.667. The third-order valence-electron chi connectivity index (χ3n) is 7.45. The number of amides is 3. The number of primary amides is 1. The van der Waals surface area contributed by atoms with Crippen molar-refractivity contribution in [3.8, 4) is 5.75 Å². The number of nitrogens with zero attached hydrogens (tertiary/aromatic N) is 3. The molecule has 8 N–H and O–H groups in total. The first-order valence-electron chi connectivity index (χ1n) is 11.7. The highest BCUT2D eigenvalue weighted by Gasteiger charge is 2.63. The van der Waals surface area contributed by atoms with Crippen LogP contribution in [0.5, 0.6) is 5.75 Å². The zero-order valence-electron chi connectivity index (χ0n) is 21.5. The lowest BCUT2D eigenvalue weighted by Gasteiger charge is -2.50. The van der Waals surface area contributed by atoms with Crippen LogP contribution in [-0.4, -0.2) is 101 Å². The average molecular weight is 531 g/mol. The molecule has 0 spiro atoms. The number of hydrogen-bond acceptors (Lipinski definition) is 11. The molecule has 1 heterocycles. The van der Waals surface area contributed by atoms with Crippen molar-refractivity contribution >= 4 is 35.1 Å². The zero-order chi connectivity index (χ0) is 28.4. The quantitative estimate of drug-likeness (QED) is 0.242. The Hall–Kier alpha value is -4.17. The fraction of sp³-hybridized carbons (Fsp3) is 0.458. The number of allylic oxidation sites excluding steroid dienone is 1. The zero-order valence-corrected chi connectivity index (χ0v) is 21.5. The van der Waals surface area contributed by atoms with E-state index in [1.54, 1.807) is 33.1 Å². The number of hydrogen-bond donors (Lipinski definition) is 7. The van der Waals surface area contributed by atoms with Crippen LogP contribution in [0.4, 0.5) is 16.4 Å². The predicted molar refractivity (Wildman–Crippen MR) is 134 cm³/mol. The van der Waals surface area contributed by atoms with Crippen LogP contribution in [0, 0.1) is 11.8 Å². The van der Waals surface area contributed by atoms with Gasteiger partial charge in [0, 0.05) is 38.2 Å². The number of aliphatic hydroxyl groups is 3. The van der Waals surface area contributed by atoms with Crippen LogP contribution in [0.25, 0.3) is 0 Å². The van der Waals surface area contributed by atoms with E-state index in [9.17, 15) is 39.6 Å². The molecule has 1 aromatic heterocycles. The van der Waals surface area contributed by atoms with Crippen molar-refractivity contribution in [3.05, 3.63) is 33.8 Å². The summed E-state index contributed by atoms with van der Waals surface area (Å²) in [6.07, 6.45) is 0.0283. The molecular formula is C24H30N6O8. The molecule has 4 atom stereocenters. The summed E-state index contributed by atoms with van der Waals surface area (Å²) in [6, 6.07) is -1.79. The Labute approximate surface area is 217 Å². The molecule has 3 aliphatic carbocycles. The van der Waals surface area contributed by atoms with Crippen molar-refractivity contribution in [2.45, 2.75) is 24.5 Å². The lowest BCUT2D eigenvalue weighted by Crippen LogP contribution is -2.63. The van der Waals surface area contributed by atoms with Crippen LogP contribution in [0.2, 0.25) is 0 Å². The number of carbonyl (C=O) groups excluding carboxylic acids is 4. The molecule has 0 radical (unpaired) electrons. The summed E-state index contributed by atoms with van der Waals surface area (Å²) in [4.78, 5) is 58.6. The summed E-state index contributed by atoms with van der Waals surface area (Å²) < 4.78 is 0. The largest absolute Gasteiger partial charge is 0.510 e. The van der Waals surface area contributed by atoms with E-state index in [2.05, 4.69) is 15.6 Å². The van der Waals surface area contributed by atoms with E-state index in [0.717, 1.165) is 0 Å².